The maximum Gasteiger partial charge on any atom is 0.232 e. The summed E-state index contributed by atoms with van der Waals surface area (Å²) in [6, 6.07) is 17.5. The van der Waals surface area contributed by atoms with Crippen molar-refractivity contribution < 1.29 is 0 Å². The molecule has 0 radical (unpaired) electrons. The zero-order chi connectivity index (χ0) is 18.6. The molecular weight excluding hydrogens is 342 g/mol. The number of nitrogen functional groups attached to an aromatic ring is 1. The van der Waals surface area contributed by atoms with Crippen LogP contribution in [0.2, 0.25) is 0 Å². The van der Waals surface area contributed by atoms with Gasteiger partial charge in [-0.25, -0.2) is 0 Å². The van der Waals surface area contributed by atoms with E-state index in [1.807, 2.05) is 61.5 Å². The minimum atomic E-state index is 0.125. The van der Waals surface area contributed by atoms with Gasteiger partial charge in [-0.3, -0.25) is 0 Å². The standard InChI is InChI=1S/C18H17N9/c1-12-7-5-6-10-14(12)20-18-22-15(21-17(19)23-18)11-27-25-16(24-26-27)13-8-3-2-4-9-13/h2-10H,11H2,1H3,(H3,19,20,21,22,23). The zero-order valence-electron chi connectivity index (χ0n) is 14.6. The second kappa shape index (κ2) is 7.16. The summed E-state index contributed by atoms with van der Waals surface area (Å²) < 4.78 is 0. The summed E-state index contributed by atoms with van der Waals surface area (Å²) in [6.07, 6.45) is 0. The molecule has 3 N–H and O–H groups in total. The summed E-state index contributed by atoms with van der Waals surface area (Å²) in [4.78, 5) is 14.1. The fourth-order valence-corrected chi connectivity index (χ4v) is 2.54. The molecule has 9 heteroatoms. The van der Waals surface area contributed by atoms with E-state index in [-0.39, 0.29) is 12.5 Å². The van der Waals surface area contributed by atoms with E-state index in [1.54, 1.807) is 0 Å². The van der Waals surface area contributed by atoms with Crippen LogP contribution in [0.1, 0.15) is 11.4 Å². The number of aryl methyl sites for hydroxylation is 1. The van der Waals surface area contributed by atoms with E-state index in [1.165, 1.54) is 4.80 Å². The third-order valence-electron chi connectivity index (χ3n) is 3.86. The molecule has 2 aromatic carbocycles. The first-order valence-electron chi connectivity index (χ1n) is 8.34. The van der Waals surface area contributed by atoms with E-state index in [4.69, 9.17) is 5.73 Å². The molecule has 0 aliphatic carbocycles. The van der Waals surface area contributed by atoms with Gasteiger partial charge >= 0.3 is 0 Å². The minimum Gasteiger partial charge on any atom is -0.368 e. The lowest BCUT2D eigenvalue weighted by Gasteiger charge is -2.09. The van der Waals surface area contributed by atoms with E-state index < -0.39 is 0 Å². The molecule has 0 saturated carbocycles. The van der Waals surface area contributed by atoms with Gasteiger partial charge in [0.1, 0.15) is 6.54 Å². The van der Waals surface area contributed by atoms with E-state index in [9.17, 15) is 0 Å². The molecule has 4 rings (SSSR count). The van der Waals surface area contributed by atoms with E-state index >= 15 is 0 Å². The molecule has 0 atom stereocenters. The van der Waals surface area contributed by atoms with Crippen LogP contribution in [0.25, 0.3) is 11.4 Å². The number of rotatable bonds is 5. The van der Waals surface area contributed by atoms with Gasteiger partial charge in [-0.05, 0) is 23.8 Å². The van der Waals surface area contributed by atoms with Crippen LogP contribution in [-0.4, -0.2) is 35.2 Å². The second-order valence-electron chi connectivity index (χ2n) is 5.88. The molecule has 9 nitrogen and oxygen atoms in total. The van der Waals surface area contributed by atoms with Crippen molar-refractivity contribution in [2.75, 3.05) is 11.1 Å². The van der Waals surface area contributed by atoms with Crippen LogP contribution in [0.4, 0.5) is 17.6 Å². The van der Waals surface area contributed by atoms with Gasteiger partial charge in [0.15, 0.2) is 5.82 Å². The number of nitrogens with two attached hydrogens (primary N) is 1. The highest BCUT2D eigenvalue weighted by molar-refractivity contribution is 5.58. The molecule has 0 spiro atoms. The Labute approximate surface area is 155 Å². The molecule has 0 aliphatic heterocycles. The third-order valence-corrected chi connectivity index (χ3v) is 3.86. The predicted octanol–water partition coefficient (Wildman–Crippen LogP) is 2.21. The molecule has 27 heavy (non-hydrogen) atoms. The van der Waals surface area contributed by atoms with Crippen molar-refractivity contribution >= 4 is 17.6 Å². The molecular formula is C18H17N9. The van der Waals surface area contributed by atoms with Crippen LogP contribution >= 0.6 is 0 Å². The fourth-order valence-electron chi connectivity index (χ4n) is 2.54. The van der Waals surface area contributed by atoms with E-state index in [0.29, 0.717) is 17.6 Å². The highest BCUT2D eigenvalue weighted by Crippen LogP contribution is 2.18. The van der Waals surface area contributed by atoms with Gasteiger partial charge in [0.25, 0.3) is 0 Å². The molecule has 0 bridgehead atoms. The number of hydrogen-bond donors (Lipinski definition) is 2. The Balaban J connectivity index is 1.55. The number of anilines is 3. The number of para-hydroxylation sites is 1. The van der Waals surface area contributed by atoms with Crippen LogP contribution in [0.15, 0.2) is 54.6 Å². The summed E-state index contributed by atoms with van der Waals surface area (Å²) in [5, 5.41) is 15.7. The highest BCUT2D eigenvalue weighted by atomic mass is 15.6. The van der Waals surface area contributed by atoms with Crippen molar-refractivity contribution in [3.05, 3.63) is 66.0 Å². The van der Waals surface area contributed by atoms with Crippen molar-refractivity contribution in [1.29, 1.82) is 0 Å². The highest BCUT2D eigenvalue weighted by Gasteiger charge is 2.10. The number of benzene rings is 2. The Morgan fingerprint density at radius 1 is 0.963 bits per heavy atom. The van der Waals surface area contributed by atoms with Crippen LogP contribution in [0.3, 0.4) is 0 Å². The Morgan fingerprint density at radius 3 is 2.56 bits per heavy atom. The summed E-state index contributed by atoms with van der Waals surface area (Å²) >= 11 is 0. The molecule has 134 valence electrons. The molecule has 2 heterocycles. The Kier molecular flexibility index (Phi) is 4.40. The Hall–Kier alpha value is -3.88. The van der Waals surface area contributed by atoms with Crippen LogP contribution in [0.5, 0.6) is 0 Å². The van der Waals surface area contributed by atoms with Gasteiger partial charge in [0.05, 0.1) is 0 Å². The largest absolute Gasteiger partial charge is 0.368 e. The average Bonchev–Trinajstić information content (AvgIpc) is 3.12. The Morgan fingerprint density at radius 2 is 1.74 bits per heavy atom. The quantitative estimate of drug-likeness (QED) is 0.556. The fraction of sp³-hybridized carbons (Fsp3) is 0.111. The molecule has 0 amide bonds. The van der Waals surface area contributed by atoms with E-state index in [2.05, 4.69) is 35.7 Å². The molecule has 4 aromatic rings. The van der Waals surface area contributed by atoms with Gasteiger partial charge in [-0.2, -0.15) is 19.7 Å². The average molecular weight is 359 g/mol. The summed E-state index contributed by atoms with van der Waals surface area (Å²) in [5.74, 6) is 1.47. The first-order chi connectivity index (χ1) is 13.2. The summed E-state index contributed by atoms with van der Waals surface area (Å²) in [7, 11) is 0. The minimum absolute atomic E-state index is 0.125. The maximum absolute atomic E-state index is 5.83. The van der Waals surface area contributed by atoms with Crippen molar-refractivity contribution in [3.8, 4) is 11.4 Å². The molecule has 0 saturated heterocycles. The van der Waals surface area contributed by atoms with Crippen LogP contribution < -0.4 is 11.1 Å². The number of nitrogens with one attached hydrogen (secondary N) is 1. The monoisotopic (exact) mass is 359 g/mol. The van der Waals surface area contributed by atoms with Gasteiger partial charge in [-0.1, -0.05) is 48.5 Å². The SMILES string of the molecule is Cc1ccccc1Nc1nc(N)nc(Cn2nnc(-c3ccccc3)n2)n1. The molecule has 0 fully saturated rings. The number of hydrogen-bond acceptors (Lipinski definition) is 8. The first-order valence-corrected chi connectivity index (χ1v) is 8.34. The predicted molar refractivity (Wildman–Crippen MR) is 101 cm³/mol. The lowest BCUT2D eigenvalue weighted by Crippen LogP contribution is -2.12. The third kappa shape index (κ3) is 3.87. The number of tetrazole rings is 1. The topological polar surface area (TPSA) is 120 Å². The number of aromatic nitrogens is 7. The smallest absolute Gasteiger partial charge is 0.232 e. The van der Waals surface area contributed by atoms with Gasteiger partial charge in [-0.15, -0.1) is 10.2 Å². The molecule has 0 unspecified atom stereocenters. The number of nitrogens with zero attached hydrogens (tertiary/aromatic N) is 7. The maximum atomic E-state index is 5.83. The van der Waals surface area contributed by atoms with Crippen molar-refractivity contribution in [2.24, 2.45) is 0 Å². The lowest BCUT2D eigenvalue weighted by atomic mass is 10.2. The zero-order valence-corrected chi connectivity index (χ0v) is 14.6. The van der Waals surface area contributed by atoms with Gasteiger partial charge in [0.2, 0.25) is 17.7 Å². The van der Waals surface area contributed by atoms with Crippen molar-refractivity contribution in [3.63, 3.8) is 0 Å². The second-order valence-corrected chi connectivity index (χ2v) is 5.88. The van der Waals surface area contributed by atoms with Gasteiger partial charge < -0.3 is 11.1 Å². The summed E-state index contributed by atoms with van der Waals surface area (Å²) in [5.41, 5.74) is 8.70. The van der Waals surface area contributed by atoms with Crippen LogP contribution in [0, 0.1) is 6.92 Å². The summed E-state index contributed by atoms with van der Waals surface area (Å²) in [6.45, 7) is 2.23. The molecule has 2 aromatic heterocycles. The first kappa shape index (κ1) is 16.6. The van der Waals surface area contributed by atoms with E-state index in [0.717, 1.165) is 16.8 Å². The lowest BCUT2D eigenvalue weighted by molar-refractivity contribution is 0.554. The van der Waals surface area contributed by atoms with Crippen molar-refractivity contribution in [2.45, 2.75) is 13.5 Å². The molecule has 0 aliphatic rings. The Bertz CT molecular complexity index is 1060. The van der Waals surface area contributed by atoms with Crippen molar-refractivity contribution in [1.82, 2.24) is 35.2 Å². The van der Waals surface area contributed by atoms with Gasteiger partial charge in [0, 0.05) is 11.3 Å². The van der Waals surface area contributed by atoms with Crippen LogP contribution in [-0.2, 0) is 6.54 Å². The normalized spacial score (nSPS) is 10.7.